The summed E-state index contributed by atoms with van der Waals surface area (Å²) in [5, 5.41) is 9.77. The number of fused-ring (bicyclic) bond motifs is 1. The number of nitriles is 1. The number of aromatic nitrogens is 1. The maximum absolute atomic E-state index is 12.5. The van der Waals surface area contributed by atoms with Crippen LogP contribution in [0.4, 0.5) is 5.69 Å². The summed E-state index contributed by atoms with van der Waals surface area (Å²) in [6, 6.07) is 18.5. The van der Waals surface area contributed by atoms with Gasteiger partial charge in [-0.3, -0.25) is 4.79 Å². The number of aryl methyl sites for hydroxylation is 1. The molecule has 3 rings (SSSR count). The van der Waals surface area contributed by atoms with E-state index in [1.807, 2.05) is 37.3 Å². The molecule has 1 amide bonds. The Morgan fingerprint density at radius 1 is 1.15 bits per heavy atom. The van der Waals surface area contributed by atoms with Crippen molar-refractivity contribution in [3.8, 4) is 6.07 Å². The van der Waals surface area contributed by atoms with Crippen LogP contribution >= 0.6 is 0 Å². The third-order valence-electron chi connectivity index (χ3n) is 4.24. The minimum atomic E-state index is -0.591. The molecule has 0 unspecified atom stereocenters. The van der Waals surface area contributed by atoms with Gasteiger partial charge < -0.3 is 14.6 Å². The molecule has 0 bridgehead atoms. The monoisotopic (exact) mass is 361 g/mol. The molecule has 0 saturated carbocycles. The summed E-state index contributed by atoms with van der Waals surface area (Å²) in [5.74, 6) is -0.968. The van der Waals surface area contributed by atoms with Crippen molar-refractivity contribution in [3.05, 3.63) is 65.9 Å². The fourth-order valence-corrected chi connectivity index (χ4v) is 2.87. The molecule has 0 aliphatic heterocycles. The second kappa shape index (κ2) is 8.19. The van der Waals surface area contributed by atoms with Gasteiger partial charge in [-0.2, -0.15) is 5.26 Å². The summed E-state index contributed by atoms with van der Waals surface area (Å²) in [4.78, 5) is 29.3. The smallest absolute Gasteiger partial charge is 0.355 e. The van der Waals surface area contributed by atoms with Crippen molar-refractivity contribution >= 4 is 28.5 Å². The van der Waals surface area contributed by atoms with E-state index in [1.54, 1.807) is 30.3 Å². The Bertz CT molecular complexity index is 1000. The molecule has 2 aromatic carbocycles. The quantitative estimate of drug-likeness (QED) is 0.680. The van der Waals surface area contributed by atoms with E-state index in [9.17, 15) is 9.59 Å². The molecule has 0 saturated heterocycles. The van der Waals surface area contributed by atoms with Crippen molar-refractivity contribution in [3.63, 3.8) is 0 Å². The van der Waals surface area contributed by atoms with Crippen molar-refractivity contribution in [2.24, 2.45) is 0 Å². The molecule has 6 heteroatoms. The van der Waals surface area contributed by atoms with E-state index in [2.05, 4.69) is 4.98 Å². The number of H-pyrrole nitrogens is 1. The number of rotatable bonds is 6. The van der Waals surface area contributed by atoms with Crippen molar-refractivity contribution in [1.29, 1.82) is 5.26 Å². The van der Waals surface area contributed by atoms with Gasteiger partial charge in [0, 0.05) is 23.1 Å². The number of ether oxygens (including phenoxy) is 1. The summed E-state index contributed by atoms with van der Waals surface area (Å²) in [7, 11) is 0. The highest BCUT2D eigenvalue weighted by molar-refractivity contribution is 5.99. The summed E-state index contributed by atoms with van der Waals surface area (Å²) >= 11 is 0. The van der Waals surface area contributed by atoms with Gasteiger partial charge in [-0.05, 0) is 36.8 Å². The van der Waals surface area contributed by atoms with Gasteiger partial charge in [0.1, 0.15) is 5.69 Å². The Labute approximate surface area is 157 Å². The first-order valence-corrected chi connectivity index (χ1v) is 8.58. The first-order chi connectivity index (χ1) is 13.1. The SMILES string of the molecule is Cc1cccc2[nH]c(C(=O)OCC(=O)N(CCC#N)c3ccccc3)cc12. The van der Waals surface area contributed by atoms with Gasteiger partial charge in [-0.1, -0.05) is 30.3 Å². The Hall–Kier alpha value is -3.59. The zero-order valence-electron chi connectivity index (χ0n) is 14.9. The van der Waals surface area contributed by atoms with Crippen molar-refractivity contribution in [1.82, 2.24) is 4.98 Å². The minimum Gasteiger partial charge on any atom is -0.451 e. The molecule has 0 aliphatic rings. The zero-order valence-corrected chi connectivity index (χ0v) is 14.9. The molecule has 3 aromatic rings. The van der Waals surface area contributed by atoms with Crippen LogP contribution in [-0.2, 0) is 9.53 Å². The van der Waals surface area contributed by atoms with Gasteiger partial charge in [-0.15, -0.1) is 0 Å². The lowest BCUT2D eigenvalue weighted by molar-refractivity contribution is -0.121. The molecule has 0 spiro atoms. The predicted octanol–water partition coefficient (Wildman–Crippen LogP) is 3.58. The number of carbonyl (C=O) groups is 2. The predicted molar refractivity (Wildman–Crippen MR) is 102 cm³/mol. The molecule has 27 heavy (non-hydrogen) atoms. The maximum Gasteiger partial charge on any atom is 0.355 e. The number of esters is 1. The second-order valence-corrected chi connectivity index (χ2v) is 6.08. The molecule has 1 heterocycles. The highest BCUT2D eigenvalue weighted by atomic mass is 16.5. The number of benzene rings is 2. The Kier molecular flexibility index (Phi) is 5.53. The molecule has 0 radical (unpaired) electrons. The largest absolute Gasteiger partial charge is 0.451 e. The standard InChI is InChI=1S/C21H19N3O3/c1-15-7-5-10-18-17(15)13-19(23-18)21(26)27-14-20(25)24(12-6-11-22)16-8-3-2-4-9-16/h2-5,7-10,13,23H,6,12,14H2,1H3. The fraction of sp³-hybridized carbons (Fsp3) is 0.190. The van der Waals surface area contributed by atoms with Crippen LogP contribution in [0, 0.1) is 18.3 Å². The molecule has 0 atom stereocenters. The van der Waals surface area contributed by atoms with E-state index in [1.165, 1.54) is 4.90 Å². The number of amides is 1. The summed E-state index contributed by atoms with van der Waals surface area (Å²) < 4.78 is 5.20. The number of aromatic amines is 1. The average Bonchev–Trinajstić information content (AvgIpc) is 3.13. The third-order valence-corrected chi connectivity index (χ3v) is 4.24. The first kappa shape index (κ1) is 18.2. The van der Waals surface area contributed by atoms with Gasteiger partial charge in [0.05, 0.1) is 12.5 Å². The van der Waals surface area contributed by atoms with Crippen LogP contribution in [0.1, 0.15) is 22.5 Å². The van der Waals surface area contributed by atoms with Crippen LogP contribution in [-0.4, -0.2) is 30.0 Å². The van der Waals surface area contributed by atoms with Crippen molar-refractivity contribution in [2.75, 3.05) is 18.1 Å². The van der Waals surface area contributed by atoms with Crippen LogP contribution in [0.25, 0.3) is 10.9 Å². The molecule has 0 aliphatic carbocycles. The van der Waals surface area contributed by atoms with Crippen molar-refractivity contribution < 1.29 is 14.3 Å². The number of carbonyl (C=O) groups excluding carboxylic acids is 2. The van der Waals surface area contributed by atoms with E-state index in [0.717, 1.165) is 16.5 Å². The molecular weight excluding hydrogens is 342 g/mol. The van der Waals surface area contributed by atoms with E-state index in [0.29, 0.717) is 11.4 Å². The van der Waals surface area contributed by atoms with Crippen LogP contribution in [0.3, 0.4) is 0 Å². The Morgan fingerprint density at radius 3 is 2.63 bits per heavy atom. The highest BCUT2D eigenvalue weighted by Gasteiger charge is 2.19. The Balaban J connectivity index is 1.69. The normalized spacial score (nSPS) is 10.4. The average molecular weight is 361 g/mol. The van der Waals surface area contributed by atoms with Crippen LogP contribution < -0.4 is 4.90 Å². The summed E-state index contributed by atoms with van der Waals surface area (Å²) in [5.41, 5.74) is 2.85. The second-order valence-electron chi connectivity index (χ2n) is 6.08. The van der Waals surface area contributed by atoms with Crippen LogP contribution in [0.5, 0.6) is 0 Å². The third kappa shape index (κ3) is 4.15. The lowest BCUT2D eigenvalue weighted by atomic mass is 10.1. The molecule has 136 valence electrons. The van der Waals surface area contributed by atoms with Crippen molar-refractivity contribution in [2.45, 2.75) is 13.3 Å². The van der Waals surface area contributed by atoms with Gasteiger partial charge in [0.15, 0.2) is 6.61 Å². The number of hydrogen-bond acceptors (Lipinski definition) is 4. The van der Waals surface area contributed by atoms with Gasteiger partial charge in [0.2, 0.25) is 0 Å². The van der Waals surface area contributed by atoms with E-state index in [-0.39, 0.29) is 18.9 Å². The van der Waals surface area contributed by atoms with E-state index < -0.39 is 12.6 Å². The van der Waals surface area contributed by atoms with E-state index >= 15 is 0 Å². The van der Waals surface area contributed by atoms with Gasteiger partial charge in [-0.25, -0.2) is 4.79 Å². The van der Waals surface area contributed by atoms with Gasteiger partial charge in [0.25, 0.3) is 5.91 Å². The molecule has 6 nitrogen and oxygen atoms in total. The summed E-state index contributed by atoms with van der Waals surface area (Å²) in [6.45, 7) is 1.80. The molecule has 1 N–H and O–H groups in total. The van der Waals surface area contributed by atoms with Crippen LogP contribution in [0.2, 0.25) is 0 Å². The lowest BCUT2D eigenvalue weighted by Gasteiger charge is -2.21. The fourth-order valence-electron chi connectivity index (χ4n) is 2.87. The number of nitrogens with one attached hydrogen (secondary N) is 1. The first-order valence-electron chi connectivity index (χ1n) is 8.58. The van der Waals surface area contributed by atoms with E-state index in [4.69, 9.17) is 10.00 Å². The number of nitrogens with zero attached hydrogens (tertiary/aromatic N) is 2. The van der Waals surface area contributed by atoms with Crippen LogP contribution in [0.15, 0.2) is 54.6 Å². The Morgan fingerprint density at radius 2 is 1.93 bits per heavy atom. The minimum absolute atomic E-state index is 0.190. The molecule has 0 fully saturated rings. The van der Waals surface area contributed by atoms with Gasteiger partial charge >= 0.3 is 5.97 Å². The molecular formula is C21H19N3O3. The summed E-state index contributed by atoms with van der Waals surface area (Å²) in [6.07, 6.45) is 0.190. The highest BCUT2D eigenvalue weighted by Crippen LogP contribution is 2.20. The molecule has 1 aromatic heterocycles. The maximum atomic E-state index is 12.5. The number of anilines is 1. The zero-order chi connectivity index (χ0) is 19.2. The lowest BCUT2D eigenvalue weighted by Crippen LogP contribution is -2.35. The number of hydrogen-bond donors (Lipinski definition) is 1. The number of para-hydroxylation sites is 1. The topological polar surface area (TPSA) is 86.2 Å².